The summed E-state index contributed by atoms with van der Waals surface area (Å²) in [6.45, 7) is 3.09. The molecule has 0 N–H and O–H groups in total. The van der Waals surface area contributed by atoms with E-state index >= 15 is 0 Å². The number of anilines is 1. The molecule has 0 radical (unpaired) electrons. The number of aryl methyl sites for hydroxylation is 1. The van der Waals surface area contributed by atoms with Crippen molar-refractivity contribution in [3.63, 3.8) is 0 Å². The Labute approximate surface area is 194 Å². The summed E-state index contributed by atoms with van der Waals surface area (Å²) < 4.78 is 13.6. The Bertz CT molecular complexity index is 1150. The number of hydrogen-bond acceptors (Lipinski definition) is 5. The van der Waals surface area contributed by atoms with Gasteiger partial charge in [0.15, 0.2) is 11.5 Å². The van der Waals surface area contributed by atoms with Gasteiger partial charge in [0, 0.05) is 31.3 Å². The first-order chi connectivity index (χ1) is 16.0. The maximum atomic E-state index is 13.6. The Morgan fingerprint density at radius 2 is 1.82 bits per heavy atom. The fourth-order valence-electron chi connectivity index (χ4n) is 5.06. The smallest absolute Gasteiger partial charge is 0.276 e. The number of likely N-dealkylation sites (tertiary alicyclic amines) is 1. The SMILES string of the molecule is COc1cc2c(cc1OCc1ccccc1)N(C(=O)c1ccnn1C)CC21CCN(C)CC1. The van der Waals surface area contributed by atoms with Gasteiger partial charge in [0.25, 0.3) is 5.91 Å². The van der Waals surface area contributed by atoms with Crippen LogP contribution in [0.25, 0.3) is 0 Å². The van der Waals surface area contributed by atoms with Gasteiger partial charge in [0.1, 0.15) is 12.3 Å². The summed E-state index contributed by atoms with van der Waals surface area (Å²) in [6.07, 6.45) is 3.66. The Kier molecular flexibility index (Phi) is 5.58. The first kappa shape index (κ1) is 21.5. The molecule has 3 heterocycles. The summed E-state index contributed by atoms with van der Waals surface area (Å²) in [4.78, 5) is 17.9. The number of fused-ring (bicyclic) bond motifs is 2. The summed E-state index contributed by atoms with van der Waals surface area (Å²) in [6, 6.07) is 15.9. The number of rotatable bonds is 5. The van der Waals surface area contributed by atoms with E-state index in [0.717, 1.165) is 37.2 Å². The number of hydrogen-bond donors (Lipinski definition) is 0. The fourth-order valence-corrected chi connectivity index (χ4v) is 5.06. The zero-order chi connectivity index (χ0) is 23.0. The summed E-state index contributed by atoms with van der Waals surface area (Å²) in [5.74, 6) is 1.32. The topological polar surface area (TPSA) is 59.8 Å². The van der Waals surface area contributed by atoms with Gasteiger partial charge in [-0.3, -0.25) is 9.48 Å². The summed E-state index contributed by atoms with van der Waals surface area (Å²) in [7, 11) is 5.63. The van der Waals surface area contributed by atoms with Crippen LogP contribution in [0.1, 0.15) is 34.5 Å². The second-order valence-electron chi connectivity index (χ2n) is 9.11. The van der Waals surface area contributed by atoms with E-state index in [1.807, 2.05) is 41.3 Å². The Morgan fingerprint density at radius 1 is 1.06 bits per heavy atom. The third-order valence-corrected chi connectivity index (χ3v) is 7.07. The maximum absolute atomic E-state index is 13.6. The van der Waals surface area contributed by atoms with Crippen molar-refractivity contribution in [2.75, 3.05) is 38.7 Å². The van der Waals surface area contributed by atoms with Crippen LogP contribution < -0.4 is 14.4 Å². The van der Waals surface area contributed by atoms with E-state index in [-0.39, 0.29) is 11.3 Å². The molecular formula is C26H30N4O3. The maximum Gasteiger partial charge on any atom is 0.276 e. The number of nitrogens with zero attached hydrogens (tertiary/aromatic N) is 4. The van der Waals surface area contributed by atoms with Gasteiger partial charge in [0.05, 0.1) is 12.8 Å². The molecule has 0 saturated carbocycles. The molecule has 0 bridgehead atoms. The van der Waals surface area contributed by atoms with E-state index in [2.05, 4.69) is 23.1 Å². The van der Waals surface area contributed by atoms with Crippen molar-refractivity contribution in [1.82, 2.24) is 14.7 Å². The zero-order valence-electron chi connectivity index (χ0n) is 19.5. The molecule has 3 aromatic rings. The number of amides is 1. The highest BCUT2D eigenvalue weighted by atomic mass is 16.5. The first-order valence-corrected chi connectivity index (χ1v) is 11.4. The average molecular weight is 447 g/mol. The number of carbonyl (C=O) groups excluding carboxylic acids is 1. The van der Waals surface area contributed by atoms with E-state index in [1.165, 1.54) is 5.56 Å². The molecule has 5 rings (SSSR count). The number of benzene rings is 2. The van der Waals surface area contributed by atoms with Gasteiger partial charge >= 0.3 is 0 Å². The minimum absolute atomic E-state index is 0.0359. The molecule has 0 unspecified atom stereocenters. The monoisotopic (exact) mass is 446 g/mol. The van der Waals surface area contributed by atoms with Gasteiger partial charge in [0.2, 0.25) is 0 Å². The molecule has 1 amide bonds. The number of ether oxygens (including phenoxy) is 2. The third kappa shape index (κ3) is 3.86. The third-order valence-electron chi connectivity index (χ3n) is 7.07. The lowest BCUT2D eigenvalue weighted by molar-refractivity contribution is 0.0970. The van der Waals surface area contributed by atoms with Crippen molar-refractivity contribution in [3.8, 4) is 11.5 Å². The highest BCUT2D eigenvalue weighted by molar-refractivity contribution is 6.07. The highest BCUT2D eigenvalue weighted by Crippen LogP contribution is 2.51. The Hall–Kier alpha value is -3.32. The van der Waals surface area contributed by atoms with Gasteiger partial charge in [-0.15, -0.1) is 0 Å². The number of piperidine rings is 1. The Morgan fingerprint density at radius 3 is 2.48 bits per heavy atom. The molecule has 7 nitrogen and oxygen atoms in total. The molecule has 1 spiro atoms. The molecule has 0 aliphatic carbocycles. The minimum Gasteiger partial charge on any atom is -0.493 e. The van der Waals surface area contributed by atoms with E-state index in [0.29, 0.717) is 30.3 Å². The molecule has 2 aromatic carbocycles. The van der Waals surface area contributed by atoms with Gasteiger partial charge < -0.3 is 19.3 Å². The molecule has 2 aliphatic heterocycles. The molecule has 0 atom stereocenters. The normalized spacial score (nSPS) is 17.2. The largest absolute Gasteiger partial charge is 0.493 e. The van der Waals surface area contributed by atoms with Crippen LogP contribution in [0.5, 0.6) is 11.5 Å². The molecule has 33 heavy (non-hydrogen) atoms. The molecule has 1 aromatic heterocycles. The van der Waals surface area contributed by atoms with Crippen LogP contribution in [0, 0.1) is 0 Å². The second-order valence-corrected chi connectivity index (χ2v) is 9.11. The molecule has 1 saturated heterocycles. The second kappa shape index (κ2) is 8.56. The number of methoxy groups -OCH3 is 1. The van der Waals surface area contributed by atoms with Crippen molar-refractivity contribution >= 4 is 11.6 Å². The van der Waals surface area contributed by atoms with Crippen LogP contribution in [0.4, 0.5) is 5.69 Å². The minimum atomic E-state index is -0.0820. The molecule has 172 valence electrons. The van der Waals surface area contributed by atoms with Crippen LogP contribution >= 0.6 is 0 Å². The summed E-state index contributed by atoms with van der Waals surface area (Å²) >= 11 is 0. The predicted octanol–water partition coefficient (Wildman–Crippen LogP) is 3.63. The van der Waals surface area contributed by atoms with E-state index in [9.17, 15) is 4.79 Å². The van der Waals surface area contributed by atoms with Gasteiger partial charge in [-0.2, -0.15) is 5.10 Å². The molecule has 7 heteroatoms. The van der Waals surface area contributed by atoms with Gasteiger partial charge in [-0.1, -0.05) is 30.3 Å². The van der Waals surface area contributed by atoms with Crippen molar-refractivity contribution in [3.05, 3.63) is 71.5 Å². The fraction of sp³-hybridized carbons (Fsp3) is 0.385. The van der Waals surface area contributed by atoms with Crippen molar-refractivity contribution in [2.45, 2.75) is 24.9 Å². The van der Waals surface area contributed by atoms with Crippen LogP contribution in [0.15, 0.2) is 54.7 Å². The predicted molar refractivity (Wildman–Crippen MR) is 127 cm³/mol. The molecular weight excluding hydrogens is 416 g/mol. The highest BCUT2D eigenvalue weighted by Gasteiger charge is 2.47. The van der Waals surface area contributed by atoms with Crippen molar-refractivity contribution in [2.24, 2.45) is 7.05 Å². The van der Waals surface area contributed by atoms with Crippen molar-refractivity contribution < 1.29 is 14.3 Å². The van der Waals surface area contributed by atoms with E-state index in [4.69, 9.17) is 9.47 Å². The Balaban J connectivity index is 1.55. The average Bonchev–Trinajstić information content (AvgIpc) is 3.40. The van der Waals surface area contributed by atoms with Gasteiger partial charge in [-0.25, -0.2) is 0 Å². The summed E-state index contributed by atoms with van der Waals surface area (Å²) in [5.41, 5.74) is 3.66. The van der Waals surface area contributed by atoms with Crippen molar-refractivity contribution in [1.29, 1.82) is 0 Å². The molecule has 1 fully saturated rings. The number of aromatic nitrogens is 2. The zero-order valence-corrected chi connectivity index (χ0v) is 19.5. The lowest BCUT2D eigenvalue weighted by atomic mass is 9.74. The van der Waals surface area contributed by atoms with E-state index in [1.54, 1.807) is 31.1 Å². The standard InChI is InChI=1S/C26H30N4O3/c1-28-13-10-26(11-14-28)18-30(25(31)21-9-12-27-29(21)2)22-16-24(23(32-3)15-20(22)26)33-17-19-7-5-4-6-8-19/h4-9,12,15-16H,10-11,13-14,17-18H2,1-3H3. The van der Waals surface area contributed by atoms with Crippen LogP contribution in [-0.2, 0) is 19.1 Å². The lowest BCUT2D eigenvalue weighted by Gasteiger charge is -2.38. The van der Waals surface area contributed by atoms with Gasteiger partial charge in [-0.05, 0) is 56.2 Å². The van der Waals surface area contributed by atoms with Crippen LogP contribution in [-0.4, -0.2) is 54.4 Å². The number of carbonyl (C=O) groups is 1. The quantitative estimate of drug-likeness (QED) is 0.599. The molecule has 2 aliphatic rings. The first-order valence-electron chi connectivity index (χ1n) is 11.4. The van der Waals surface area contributed by atoms with E-state index < -0.39 is 0 Å². The lowest BCUT2D eigenvalue weighted by Crippen LogP contribution is -2.45. The van der Waals surface area contributed by atoms with Crippen LogP contribution in [0.2, 0.25) is 0 Å². The van der Waals surface area contributed by atoms with Crippen LogP contribution in [0.3, 0.4) is 0 Å². The summed E-state index contributed by atoms with van der Waals surface area (Å²) in [5, 5.41) is 4.20.